The molecule has 3 rings (SSSR count). The molecule has 0 spiro atoms. The van der Waals surface area contributed by atoms with Crippen LogP contribution in [0.5, 0.6) is 0 Å². The Bertz CT molecular complexity index is 662. The first-order valence-corrected chi connectivity index (χ1v) is 7.42. The quantitative estimate of drug-likeness (QED) is 0.938. The molecule has 1 unspecified atom stereocenters. The van der Waals surface area contributed by atoms with Crippen molar-refractivity contribution in [1.82, 2.24) is 9.97 Å². The number of anilines is 3. The first kappa shape index (κ1) is 14.7. The Morgan fingerprint density at radius 2 is 2.09 bits per heavy atom. The summed E-state index contributed by atoms with van der Waals surface area (Å²) in [6.07, 6.45) is 4.06. The highest BCUT2D eigenvalue weighted by Crippen LogP contribution is 2.23. The van der Waals surface area contributed by atoms with E-state index in [2.05, 4.69) is 27.1 Å². The fraction of sp³-hybridized carbons (Fsp3) is 0.375. The molecular formula is C16H18F2N4. The maximum Gasteiger partial charge on any atom is 0.229 e. The molecule has 6 heteroatoms. The molecule has 1 atom stereocenters. The lowest BCUT2D eigenvalue weighted by atomic mass is 10.0. The molecule has 2 heterocycles. The average Bonchev–Trinajstić information content (AvgIpc) is 2.51. The monoisotopic (exact) mass is 304 g/mol. The third-order valence-corrected chi connectivity index (χ3v) is 3.80. The maximum absolute atomic E-state index is 13.2. The van der Waals surface area contributed by atoms with Crippen molar-refractivity contribution in [3.63, 3.8) is 0 Å². The molecule has 0 radical (unpaired) electrons. The summed E-state index contributed by atoms with van der Waals surface area (Å²) in [6, 6.07) is 5.49. The molecule has 1 saturated heterocycles. The first-order valence-electron chi connectivity index (χ1n) is 7.42. The Balaban J connectivity index is 1.77. The van der Waals surface area contributed by atoms with Crippen LogP contribution in [0.4, 0.5) is 26.2 Å². The van der Waals surface area contributed by atoms with Crippen LogP contribution in [0.3, 0.4) is 0 Å². The Morgan fingerprint density at radius 3 is 2.86 bits per heavy atom. The van der Waals surface area contributed by atoms with Gasteiger partial charge in [0, 0.05) is 31.0 Å². The molecule has 116 valence electrons. The summed E-state index contributed by atoms with van der Waals surface area (Å²) >= 11 is 0. The second-order valence-corrected chi connectivity index (χ2v) is 5.69. The van der Waals surface area contributed by atoms with Crippen LogP contribution in [0.1, 0.15) is 19.8 Å². The van der Waals surface area contributed by atoms with Gasteiger partial charge >= 0.3 is 0 Å². The largest absolute Gasteiger partial charge is 0.356 e. The Kier molecular flexibility index (Phi) is 4.18. The van der Waals surface area contributed by atoms with E-state index in [0.29, 0.717) is 17.6 Å². The van der Waals surface area contributed by atoms with Crippen LogP contribution in [0.2, 0.25) is 0 Å². The van der Waals surface area contributed by atoms with Crippen molar-refractivity contribution < 1.29 is 8.78 Å². The molecule has 0 saturated carbocycles. The second-order valence-electron chi connectivity index (χ2n) is 5.69. The third-order valence-electron chi connectivity index (χ3n) is 3.80. The summed E-state index contributed by atoms with van der Waals surface area (Å²) in [6.45, 7) is 4.18. The van der Waals surface area contributed by atoms with Gasteiger partial charge in [-0.1, -0.05) is 6.92 Å². The number of nitrogens with zero attached hydrogens (tertiary/aromatic N) is 3. The fourth-order valence-corrected chi connectivity index (χ4v) is 2.69. The van der Waals surface area contributed by atoms with Crippen molar-refractivity contribution in [3.8, 4) is 0 Å². The third kappa shape index (κ3) is 3.32. The van der Waals surface area contributed by atoms with E-state index in [4.69, 9.17) is 0 Å². The zero-order chi connectivity index (χ0) is 15.5. The van der Waals surface area contributed by atoms with Crippen molar-refractivity contribution in [2.24, 2.45) is 5.92 Å². The van der Waals surface area contributed by atoms with E-state index in [0.717, 1.165) is 37.5 Å². The number of hydrogen-bond donors (Lipinski definition) is 1. The van der Waals surface area contributed by atoms with Crippen LogP contribution in [-0.2, 0) is 0 Å². The summed E-state index contributed by atoms with van der Waals surface area (Å²) in [4.78, 5) is 10.8. The highest BCUT2D eigenvalue weighted by molar-refractivity contribution is 5.55. The van der Waals surface area contributed by atoms with Crippen molar-refractivity contribution in [2.45, 2.75) is 19.8 Å². The summed E-state index contributed by atoms with van der Waals surface area (Å²) in [7, 11) is 0. The van der Waals surface area contributed by atoms with E-state index in [1.807, 2.05) is 6.07 Å². The molecule has 4 nitrogen and oxygen atoms in total. The maximum atomic E-state index is 13.2. The van der Waals surface area contributed by atoms with Crippen LogP contribution in [0, 0.1) is 17.6 Å². The van der Waals surface area contributed by atoms with Gasteiger partial charge in [-0.15, -0.1) is 0 Å². The van der Waals surface area contributed by atoms with Gasteiger partial charge in [0.1, 0.15) is 5.82 Å². The molecule has 2 aromatic rings. The van der Waals surface area contributed by atoms with Gasteiger partial charge in [-0.2, -0.15) is 4.98 Å². The molecule has 1 fully saturated rings. The lowest BCUT2D eigenvalue weighted by molar-refractivity contribution is 0.444. The number of benzene rings is 1. The van der Waals surface area contributed by atoms with Gasteiger partial charge in [0.2, 0.25) is 5.95 Å². The first-order chi connectivity index (χ1) is 10.6. The zero-order valence-electron chi connectivity index (χ0n) is 12.4. The molecule has 22 heavy (non-hydrogen) atoms. The predicted molar refractivity (Wildman–Crippen MR) is 82.3 cm³/mol. The van der Waals surface area contributed by atoms with Crippen LogP contribution in [0.15, 0.2) is 30.5 Å². The number of aromatic nitrogens is 2. The number of halogens is 2. The summed E-state index contributed by atoms with van der Waals surface area (Å²) in [5.41, 5.74) is 0.420. The Labute approximate surface area is 128 Å². The highest BCUT2D eigenvalue weighted by atomic mass is 19.2. The standard InChI is InChI=1S/C16H18F2N4/c1-11-3-2-8-22(10-11)15-6-7-19-16(21-15)20-12-4-5-13(17)14(18)9-12/h4-7,9,11H,2-3,8,10H2,1H3,(H,19,20,21). The van der Waals surface area contributed by atoms with Gasteiger partial charge in [-0.3, -0.25) is 0 Å². The minimum Gasteiger partial charge on any atom is -0.356 e. The van der Waals surface area contributed by atoms with Crippen LogP contribution < -0.4 is 10.2 Å². The predicted octanol–water partition coefficient (Wildman–Crippen LogP) is 3.73. The molecule has 1 N–H and O–H groups in total. The number of piperidine rings is 1. The van der Waals surface area contributed by atoms with E-state index in [1.54, 1.807) is 6.20 Å². The summed E-state index contributed by atoms with van der Waals surface area (Å²) in [5, 5.41) is 2.91. The summed E-state index contributed by atoms with van der Waals surface area (Å²) in [5.74, 6) is 0.105. The van der Waals surface area contributed by atoms with Crippen LogP contribution in [0.25, 0.3) is 0 Å². The molecule has 0 amide bonds. The van der Waals surface area contributed by atoms with Gasteiger partial charge in [0.05, 0.1) is 0 Å². The molecule has 1 aromatic heterocycles. The van der Waals surface area contributed by atoms with E-state index in [9.17, 15) is 8.78 Å². The van der Waals surface area contributed by atoms with Crippen molar-refractivity contribution in [2.75, 3.05) is 23.3 Å². The fourth-order valence-electron chi connectivity index (χ4n) is 2.69. The number of rotatable bonds is 3. The lowest BCUT2D eigenvalue weighted by Crippen LogP contribution is -2.34. The van der Waals surface area contributed by atoms with Crippen molar-refractivity contribution in [1.29, 1.82) is 0 Å². The van der Waals surface area contributed by atoms with Crippen LogP contribution >= 0.6 is 0 Å². The minimum absolute atomic E-state index is 0.377. The van der Waals surface area contributed by atoms with Gasteiger partial charge < -0.3 is 10.2 Å². The van der Waals surface area contributed by atoms with Gasteiger partial charge in [0.15, 0.2) is 11.6 Å². The van der Waals surface area contributed by atoms with E-state index < -0.39 is 11.6 Å². The molecule has 0 bridgehead atoms. The smallest absolute Gasteiger partial charge is 0.229 e. The van der Waals surface area contributed by atoms with Gasteiger partial charge in [-0.05, 0) is 37.0 Å². The van der Waals surface area contributed by atoms with E-state index >= 15 is 0 Å². The molecule has 1 aliphatic rings. The topological polar surface area (TPSA) is 41.1 Å². The Hall–Kier alpha value is -2.24. The Morgan fingerprint density at radius 1 is 1.23 bits per heavy atom. The van der Waals surface area contributed by atoms with Crippen molar-refractivity contribution >= 4 is 17.5 Å². The average molecular weight is 304 g/mol. The molecule has 1 aliphatic heterocycles. The minimum atomic E-state index is -0.897. The van der Waals surface area contributed by atoms with Gasteiger partial charge in [-0.25, -0.2) is 13.8 Å². The summed E-state index contributed by atoms with van der Waals surface area (Å²) < 4.78 is 26.2. The van der Waals surface area contributed by atoms with Crippen LogP contribution in [-0.4, -0.2) is 23.1 Å². The molecular weight excluding hydrogens is 286 g/mol. The normalized spacial score (nSPS) is 18.3. The second kappa shape index (κ2) is 6.25. The number of nitrogens with one attached hydrogen (secondary N) is 1. The molecule has 1 aromatic carbocycles. The van der Waals surface area contributed by atoms with E-state index in [-0.39, 0.29) is 0 Å². The van der Waals surface area contributed by atoms with Gasteiger partial charge in [0.25, 0.3) is 0 Å². The van der Waals surface area contributed by atoms with E-state index in [1.165, 1.54) is 12.5 Å². The molecule has 0 aliphatic carbocycles. The van der Waals surface area contributed by atoms with Crippen molar-refractivity contribution in [3.05, 3.63) is 42.1 Å². The lowest BCUT2D eigenvalue weighted by Gasteiger charge is -2.31. The highest BCUT2D eigenvalue weighted by Gasteiger charge is 2.18. The zero-order valence-corrected chi connectivity index (χ0v) is 12.4. The number of hydrogen-bond acceptors (Lipinski definition) is 4. The SMILES string of the molecule is CC1CCCN(c2ccnc(Nc3ccc(F)c(F)c3)n2)C1.